The molecule has 0 atom stereocenters. The highest BCUT2D eigenvalue weighted by molar-refractivity contribution is 5.22. The average Bonchev–Trinajstić information content (AvgIpc) is 1.93. The van der Waals surface area contributed by atoms with Crippen molar-refractivity contribution < 1.29 is 0 Å². The third kappa shape index (κ3) is 2.37. The van der Waals surface area contributed by atoms with Gasteiger partial charge in [0.25, 0.3) is 0 Å². The standard InChI is InChI=1S/C12H22N2/c1-10(12-6-13-7-12)8-14(2)9-11-4-3-5-11/h11,13H,3-9H2,1-2H3. The van der Waals surface area contributed by atoms with Gasteiger partial charge in [-0.15, -0.1) is 0 Å². The third-order valence-electron chi connectivity index (χ3n) is 3.58. The van der Waals surface area contributed by atoms with E-state index < -0.39 is 0 Å². The van der Waals surface area contributed by atoms with Crippen LogP contribution < -0.4 is 5.32 Å². The van der Waals surface area contributed by atoms with Crippen LogP contribution in [0.15, 0.2) is 11.1 Å². The molecule has 0 amide bonds. The van der Waals surface area contributed by atoms with E-state index in [1.807, 2.05) is 0 Å². The SMILES string of the molecule is CC(CN(C)CC1CCC1)=C1CNC1. The minimum absolute atomic E-state index is 0.998. The van der Waals surface area contributed by atoms with Gasteiger partial charge in [0.15, 0.2) is 0 Å². The molecule has 2 heteroatoms. The van der Waals surface area contributed by atoms with Gasteiger partial charge in [-0.2, -0.15) is 0 Å². The first-order valence-corrected chi connectivity index (χ1v) is 5.82. The molecule has 1 aliphatic carbocycles. The molecule has 2 aliphatic rings. The fraction of sp³-hybridized carbons (Fsp3) is 0.833. The summed E-state index contributed by atoms with van der Waals surface area (Å²) in [4.78, 5) is 2.49. The summed E-state index contributed by atoms with van der Waals surface area (Å²) < 4.78 is 0. The van der Waals surface area contributed by atoms with E-state index in [2.05, 4.69) is 24.2 Å². The average molecular weight is 194 g/mol. The zero-order valence-corrected chi connectivity index (χ0v) is 9.47. The number of rotatable bonds is 4. The quantitative estimate of drug-likeness (QED) is 0.684. The van der Waals surface area contributed by atoms with Crippen LogP contribution in [0.2, 0.25) is 0 Å². The fourth-order valence-corrected chi connectivity index (χ4v) is 2.25. The normalized spacial score (nSPS) is 22.1. The van der Waals surface area contributed by atoms with Crippen LogP contribution in [0.4, 0.5) is 0 Å². The lowest BCUT2D eigenvalue weighted by Gasteiger charge is -2.31. The molecule has 14 heavy (non-hydrogen) atoms. The summed E-state index contributed by atoms with van der Waals surface area (Å²) in [5.74, 6) is 0.998. The highest BCUT2D eigenvalue weighted by Crippen LogP contribution is 2.27. The maximum Gasteiger partial charge on any atom is 0.0190 e. The predicted molar refractivity (Wildman–Crippen MR) is 60.4 cm³/mol. The lowest BCUT2D eigenvalue weighted by Crippen LogP contribution is -2.37. The molecule has 0 radical (unpaired) electrons. The van der Waals surface area contributed by atoms with Crippen LogP contribution in [0.25, 0.3) is 0 Å². The second-order valence-electron chi connectivity index (χ2n) is 4.98. The largest absolute Gasteiger partial charge is 0.309 e. The van der Waals surface area contributed by atoms with Crippen molar-refractivity contribution in [2.45, 2.75) is 26.2 Å². The number of nitrogens with one attached hydrogen (secondary N) is 1. The molecule has 1 aliphatic heterocycles. The number of hydrogen-bond donors (Lipinski definition) is 1. The Hall–Kier alpha value is -0.340. The van der Waals surface area contributed by atoms with Crippen molar-refractivity contribution in [2.24, 2.45) is 5.92 Å². The van der Waals surface area contributed by atoms with Gasteiger partial charge in [0.1, 0.15) is 0 Å². The highest BCUT2D eigenvalue weighted by atomic mass is 15.1. The van der Waals surface area contributed by atoms with Crippen molar-refractivity contribution in [3.8, 4) is 0 Å². The van der Waals surface area contributed by atoms with Gasteiger partial charge in [-0.3, -0.25) is 0 Å². The summed E-state index contributed by atoms with van der Waals surface area (Å²) in [6.45, 7) is 7.02. The second-order valence-corrected chi connectivity index (χ2v) is 4.98. The Kier molecular flexibility index (Phi) is 3.24. The summed E-state index contributed by atoms with van der Waals surface area (Å²) in [7, 11) is 2.26. The molecule has 1 heterocycles. The first-order chi connectivity index (χ1) is 6.75. The van der Waals surface area contributed by atoms with Gasteiger partial charge in [0.05, 0.1) is 0 Å². The van der Waals surface area contributed by atoms with Crippen LogP contribution in [0, 0.1) is 5.92 Å². The van der Waals surface area contributed by atoms with E-state index in [4.69, 9.17) is 0 Å². The van der Waals surface area contributed by atoms with Crippen LogP contribution in [0.3, 0.4) is 0 Å². The lowest BCUT2D eigenvalue weighted by molar-refractivity contribution is 0.214. The van der Waals surface area contributed by atoms with Crippen LogP contribution in [-0.4, -0.2) is 38.1 Å². The molecule has 0 aromatic rings. The van der Waals surface area contributed by atoms with Crippen molar-refractivity contribution in [2.75, 3.05) is 33.2 Å². The van der Waals surface area contributed by atoms with Crippen LogP contribution >= 0.6 is 0 Å². The smallest absolute Gasteiger partial charge is 0.0190 e. The van der Waals surface area contributed by atoms with E-state index >= 15 is 0 Å². The van der Waals surface area contributed by atoms with Crippen molar-refractivity contribution in [3.05, 3.63) is 11.1 Å². The fourth-order valence-electron chi connectivity index (χ4n) is 2.25. The van der Waals surface area contributed by atoms with E-state index in [9.17, 15) is 0 Å². The van der Waals surface area contributed by atoms with Gasteiger partial charge in [-0.25, -0.2) is 0 Å². The summed E-state index contributed by atoms with van der Waals surface area (Å²) in [5.41, 5.74) is 3.22. The zero-order chi connectivity index (χ0) is 9.97. The van der Waals surface area contributed by atoms with Crippen LogP contribution in [0.5, 0.6) is 0 Å². The Labute approximate surface area is 87.4 Å². The maximum atomic E-state index is 3.30. The second kappa shape index (κ2) is 4.45. The van der Waals surface area contributed by atoms with E-state index in [1.54, 1.807) is 11.1 Å². The van der Waals surface area contributed by atoms with E-state index in [0.29, 0.717) is 0 Å². The summed E-state index contributed by atoms with van der Waals surface area (Å²) in [5, 5.41) is 3.30. The van der Waals surface area contributed by atoms with Crippen molar-refractivity contribution in [1.82, 2.24) is 10.2 Å². The Bertz CT molecular complexity index is 222. The van der Waals surface area contributed by atoms with Gasteiger partial charge in [0, 0.05) is 26.2 Å². The van der Waals surface area contributed by atoms with Gasteiger partial charge in [0.2, 0.25) is 0 Å². The maximum absolute atomic E-state index is 3.30. The Morgan fingerprint density at radius 2 is 2.14 bits per heavy atom. The molecule has 0 aromatic heterocycles. The minimum atomic E-state index is 0.998. The first kappa shape index (κ1) is 10.2. The molecule has 2 fully saturated rings. The lowest BCUT2D eigenvalue weighted by atomic mass is 9.85. The molecular weight excluding hydrogens is 172 g/mol. The molecule has 2 nitrogen and oxygen atoms in total. The third-order valence-corrected chi connectivity index (χ3v) is 3.58. The van der Waals surface area contributed by atoms with Gasteiger partial charge in [-0.05, 0) is 38.3 Å². The predicted octanol–water partition coefficient (Wildman–Crippen LogP) is 1.64. The molecule has 0 unspecified atom stereocenters. The van der Waals surface area contributed by atoms with E-state index in [0.717, 1.165) is 19.0 Å². The Morgan fingerprint density at radius 1 is 1.43 bits per heavy atom. The molecule has 1 N–H and O–H groups in total. The Morgan fingerprint density at radius 3 is 2.57 bits per heavy atom. The van der Waals surface area contributed by atoms with Gasteiger partial charge >= 0.3 is 0 Å². The van der Waals surface area contributed by atoms with E-state index in [-0.39, 0.29) is 0 Å². The zero-order valence-electron chi connectivity index (χ0n) is 9.47. The highest BCUT2D eigenvalue weighted by Gasteiger charge is 2.19. The molecular formula is C12H22N2. The molecule has 1 saturated heterocycles. The van der Waals surface area contributed by atoms with Crippen molar-refractivity contribution in [3.63, 3.8) is 0 Å². The molecule has 1 saturated carbocycles. The van der Waals surface area contributed by atoms with Crippen LogP contribution in [0.1, 0.15) is 26.2 Å². The topological polar surface area (TPSA) is 15.3 Å². The molecule has 80 valence electrons. The number of likely N-dealkylation sites (N-methyl/N-ethyl adjacent to an activating group) is 1. The molecule has 0 bridgehead atoms. The number of hydrogen-bond acceptors (Lipinski definition) is 2. The summed E-state index contributed by atoms with van der Waals surface area (Å²) >= 11 is 0. The summed E-state index contributed by atoms with van der Waals surface area (Å²) in [6.07, 6.45) is 4.38. The van der Waals surface area contributed by atoms with Crippen molar-refractivity contribution >= 4 is 0 Å². The van der Waals surface area contributed by atoms with Gasteiger partial charge < -0.3 is 10.2 Å². The summed E-state index contributed by atoms with van der Waals surface area (Å²) in [6, 6.07) is 0. The molecule has 0 spiro atoms. The van der Waals surface area contributed by atoms with Crippen molar-refractivity contribution in [1.29, 1.82) is 0 Å². The van der Waals surface area contributed by atoms with Gasteiger partial charge in [-0.1, -0.05) is 12.0 Å². The molecule has 2 rings (SSSR count). The Balaban J connectivity index is 1.72. The molecule has 0 aromatic carbocycles. The first-order valence-electron chi connectivity index (χ1n) is 5.82. The van der Waals surface area contributed by atoms with E-state index in [1.165, 1.54) is 32.4 Å². The minimum Gasteiger partial charge on any atom is -0.309 e. The monoisotopic (exact) mass is 194 g/mol. The number of nitrogens with zero attached hydrogens (tertiary/aromatic N) is 1. The van der Waals surface area contributed by atoms with Crippen LogP contribution in [-0.2, 0) is 0 Å².